The Hall–Kier alpha value is -1.97. The fourth-order valence-corrected chi connectivity index (χ4v) is 2.66. The molecule has 3 aromatic heterocycles. The molecule has 102 valence electrons. The second-order valence-corrected chi connectivity index (χ2v) is 5.32. The molecule has 3 rings (SSSR count). The third kappa shape index (κ3) is 1.71. The zero-order valence-corrected chi connectivity index (χ0v) is 13.0. The van der Waals surface area contributed by atoms with Gasteiger partial charge in [0.15, 0.2) is 0 Å². The number of fused-ring (bicyclic) bond motifs is 1. The van der Waals surface area contributed by atoms with E-state index in [-0.39, 0.29) is 5.56 Å². The van der Waals surface area contributed by atoms with Crippen LogP contribution < -0.4 is 15.8 Å². The summed E-state index contributed by atoms with van der Waals surface area (Å²) in [5.41, 5.74) is 0.0157. The summed E-state index contributed by atoms with van der Waals surface area (Å²) in [5.74, 6) is 0.579. The summed E-state index contributed by atoms with van der Waals surface area (Å²) < 4.78 is 5.91. The predicted molar refractivity (Wildman–Crippen MR) is 81.2 cm³/mol. The molecule has 0 saturated carbocycles. The Bertz CT molecular complexity index is 923. The highest BCUT2D eigenvalue weighted by Gasteiger charge is 2.25. The fourth-order valence-electron chi connectivity index (χ4n) is 2.11. The molecule has 0 aliphatic heterocycles. The van der Waals surface area contributed by atoms with E-state index in [0.29, 0.717) is 17.1 Å². The van der Waals surface area contributed by atoms with Gasteiger partial charge in [-0.15, -0.1) is 0 Å². The van der Waals surface area contributed by atoms with Gasteiger partial charge in [0.2, 0.25) is 5.52 Å². The second-order valence-electron chi connectivity index (χ2n) is 4.35. The molecule has 0 bridgehead atoms. The SMILES string of the molecule is Cn1c(-[n+]2ccccc2)nc2c1c(=O)n(I)c(=O)n2C. The van der Waals surface area contributed by atoms with Gasteiger partial charge in [-0.2, -0.15) is 2.78 Å². The average Bonchev–Trinajstić information content (AvgIpc) is 2.81. The van der Waals surface area contributed by atoms with Crippen LogP contribution in [0.15, 0.2) is 40.2 Å². The van der Waals surface area contributed by atoms with E-state index in [1.54, 1.807) is 46.1 Å². The summed E-state index contributed by atoms with van der Waals surface area (Å²) in [5, 5.41) is 0. The van der Waals surface area contributed by atoms with Gasteiger partial charge in [0.05, 0.1) is 42.3 Å². The standard InChI is InChI=1S/C12H11IN5O2/c1-15-8-9(16(2)12(20)18(13)10(8)19)14-11(15)17-6-4-3-5-7-17/h3-7H,1-2H3/q+1. The molecule has 0 spiro atoms. The Kier molecular flexibility index (Phi) is 2.96. The lowest BCUT2D eigenvalue weighted by atomic mass is 10.5. The lowest BCUT2D eigenvalue weighted by molar-refractivity contribution is -0.605. The van der Waals surface area contributed by atoms with Crippen LogP contribution in [-0.2, 0) is 14.1 Å². The minimum Gasteiger partial charge on any atom is -0.264 e. The summed E-state index contributed by atoms with van der Waals surface area (Å²) in [7, 11) is 3.36. The number of halogens is 1. The summed E-state index contributed by atoms with van der Waals surface area (Å²) in [4.78, 5) is 28.6. The van der Waals surface area contributed by atoms with Gasteiger partial charge in [0, 0.05) is 7.05 Å². The summed E-state index contributed by atoms with van der Waals surface area (Å²) in [6, 6.07) is 5.64. The fraction of sp³-hybridized carbons (Fsp3) is 0.167. The lowest BCUT2D eigenvalue weighted by Gasteiger charge is -1.98. The van der Waals surface area contributed by atoms with Gasteiger partial charge in [0.25, 0.3) is 5.65 Å². The van der Waals surface area contributed by atoms with E-state index in [0.717, 1.165) is 2.78 Å². The van der Waals surface area contributed by atoms with Gasteiger partial charge in [-0.25, -0.2) is 13.9 Å². The maximum atomic E-state index is 12.2. The van der Waals surface area contributed by atoms with Crippen LogP contribution in [0.4, 0.5) is 0 Å². The first-order chi connectivity index (χ1) is 9.52. The van der Waals surface area contributed by atoms with Crippen molar-refractivity contribution in [2.24, 2.45) is 14.1 Å². The number of aromatic nitrogens is 5. The summed E-state index contributed by atoms with van der Waals surface area (Å²) in [6.07, 6.45) is 3.67. The molecule has 3 heterocycles. The first-order valence-electron chi connectivity index (χ1n) is 5.83. The van der Waals surface area contributed by atoms with Gasteiger partial charge in [-0.3, -0.25) is 9.36 Å². The molecule has 0 saturated heterocycles. The third-order valence-corrected chi connectivity index (χ3v) is 4.00. The normalized spacial score (nSPS) is 11.2. The Morgan fingerprint density at radius 2 is 1.75 bits per heavy atom. The lowest BCUT2D eigenvalue weighted by Crippen LogP contribution is -2.35. The van der Waals surface area contributed by atoms with E-state index in [9.17, 15) is 9.59 Å². The number of pyridine rings is 1. The molecule has 3 aromatic rings. The predicted octanol–water partition coefficient (Wildman–Crippen LogP) is -0.0915. The van der Waals surface area contributed by atoms with Gasteiger partial charge in [-0.1, -0.05) is 6.07 Å². The van der Waals surface area contributed by atoms with Crippen molar-refractivity contribution in [3.63, 3.8) is 0 Å². The van der Waals surface area contributed by atoms with Gasteiger partial charge in [0.1, 0.15) is 0 Å². The minimum absolute atomic E-state index is 0.360. The first-order valence-corrected chi connectivity index (χ1v) is 6.80. The maximum absolute atomic E-state index is 12.2. The van der Waals surface area contributed by atoms with Gasteiger partial charge >= 0.3 is 17.2 Å². The second kappa shape index (κ2) is 4.54. The molecular formula is C12H11IN5O2+. The zero-order chi connectivity index (χ0) is 14.4. The van der Waals surface area contributed by atoms with Crippen molar-refractivity contribution in [1.82, 2.24) is 16.9 Å². The van der Waals surface area contributed by atoms with Crippen LogP contribution in [0.3, 0.4) is 0 Å². The van der Waals surface area contributed by atoms with Crippen molar-refractivity contribution >= 4 is 34.0 Å². The van der Waals surface area contributed by atoms with E-state index in [1.165, 1.54) is 4.57 Å². The number of imidazole rings is 1. The van der Waals surface area contributed by atoms with E-state index in [2.05, 4.69) is 4.98 Å². The average molecular weight is 384 g/mol. The molecule has 0 aromatic carbocycles. The zero-order valence-electron chi connectivity index (χ0n) is 10.8. The quantitative estimate of drug-likeness (QED) is 0.435. The van der Waals surface area contributed by atoms with Crippen LogP contribution in [-0.4, -0.2) is 16.9 Å². The first kappa shape index (κ1) is 13.0. The van der Waals surface area contributed by atoms with E-state index in [1.807, 2.05) is 30.6 Å². The number of hydrogen-bond acceptors (Lipinski definition) is 3. The molecule has 0 aliphatic carbocycles. The number of aryl methyl sites for hydroxylation is 2. The molecule has 0 amide bonds. The Labute approximate surface area is 127 Å². The van der Waals surface area contributed by atoms with Crippen molar-refractivity contribution < 1.29 is 4.57 Å². The van der Waals surface area contributed by atoms with Crippen LogP contribution in [0.2, 0.25) is 0 Å². The number of nitrogens with zero attached hydrogens (tertiary/aromatic N) is 5. The van der Waals surface area contributed by atoms with Crippen molar-refractivity contribution in [1.29, 1.82) is 0 Å². The molecule has 0 unspecified atom stereocenters. The van der Waals surface area contributed by atoms with E-state index < -0.39 is 5.69 Å². The van der Waals surface area contributed by atoms with Crippen LogP contribution in [0.25, 0.3) is 17.1 Å². The van der Waals surface area contributed by atoms with Crippen LogP contribution >= 0.6 is 22.9 Å². The topological polar surface area (TPSA) is 65.7 Å². The van der Waals surface area contributed by atoms with Crippen molar-refractivity contribution in [3.8, 4) is 5.95 Å². The highest BCUT2D eigenvalue weighted by molar-refractivity contribution is 14.1. The molecular weight excluding hydrogens is 373 g/mol. The van der Waals surface area contributed by atoms with Crippen LogP contribution in [0, 0.1) is 0 Å². The van der Waals surface area contributed by atoms with E-state index >= 15 is 0 Å². The molecule has 0 N–H and O–H groups in total. The smallest absolute Gasteiger partial charge is 0.264 e. The maximum Gasteiger partial charge on any atom is 0.405 e. The monoisotopic (exact) mass is 384 g/mol. The number of hydrogen-bond donors (Lipinski definition) is 0. The third-order valence-electron chi connectivity index (χ3n) is 3.15. The van der Waals surface area contributed by atoms with E-state index in [4.69, 9.17) is 0 Å². The van der Waals surface area contributed by atoms with Crippen molar-refractivity contribution in [3.05, 3.63) is 51.4 Å². The van der Waals surface area contributed by atoms with Gasteiger partial charge in [-0.05, 0) is 17.1 Å². The van der Waals surface area contributed by atoms with Gasteiger partial charge < -0.3 is 0 Å². The summed E-state index contributed by atoms with van der Waals surface area (Å²) >= 11 is 1.71. The number of rotatable bonds is 1. The molecule has 8 heteroatoms. The molecule has 0 atom stereocenters. The van der Waals surface area contributed by atoms with Crippen LogP contribution in [0.5, 0.6) is 0 Å². The van der Waals surface area contributed by atoms with Crippen molar-refractivity contribution in [2.75, 3.05) is 0 Å². The van der Waals surface area contributed by atoms with Crippen LogP contribution in [0.1, 0.15) is 0 Å². The molecule has 7 nitrogen and oxygen atoms in total. The Morgan fingerprint density at radius 1 is 1.10 bits per heavy atom. The molecule has 0 radical (unpaired) electrons. The molecule has 0 aliphatic rings. The Balaban J connectivity index is 2.49. The highest BCUT2D eigenvalue weighted by Crippen LogP contribution is 2.09. The summed E-state index contributed by atoms with van der Waals surface area (Å²) in [6.45, 7) is 0. The largest absolute Gasteiger partial charge is 0.405 e. The molecule has 20 heavy (non-hydrogen) atoms. The minimum atomic E-state index is -0.397. The highest BCUT2D eigenvalue weighted by atomic mass is 127. The Morgan fingerprint density at radius 3 is 2.40 bits per heavy atom. The van der Waals surface area contributed by atoms with Crippen molar-refractivity contribution in [2.45, 2.75) is 0 Å². The molecule has 0 fully saturated rings.